The van der Waals surface area contributed by atoms with E-state index < -0.39 is 23.4 Å². The van der Waals surface area contributed by atoms with Crippen molar-refractivity contribution >= 4 is 27.9 Å². The predicted molar refractivity (Wildman–Crippen MR) is 59.3 cm³/mol. The van der Waals surface area contributed by atoms with Gasteiger partial charge in [0.15, 0.2) is 0 Å². The molecule has 1 aliphatic heterocycles. The number of carboxylic acid groups (broad SMARTS) is 1. The average molecular weight is 303 g/mol. The molecule has 0 aromatic heterocycles. The first-order valence-corrected chi connectivity index (χ1v) is 5.58. The number of esters is 1. The average Bonchev–Trinajstić information content (AvgIpc) is 2.22. The van der Waals surface area contributed by atoms with E-state index in [-0.39, 0.29) is 17.5 Å². The fraction of sp³-hybridized carbons (Fsp3) is 0.273. The Morgan fingerprint density at radius 1 is 1.59 bits per heavy atom. The van der Waals surface area contributed by atoms with E-state index in [1.807, 2.05) is 0 Å². The second-order valence-electron chi connectivity index (χ2n) is 3.99. The smallest absolute Gasteiger partial charge is 0.348 e. The van der Waals surface area contributed by atoms with Gasteiger partial charge in [0.05, 0.1) is 5.56 Å². The van der Waals surface area contributed by atoms with Gasteiger partial charge < -0.3 is 9.84 Å². The number of ether oxygens (including phenoxy) is 1. The molecule has 0 spiro atoms. The van der Waals surface area contributed by atoms with E-state index in [4.69, 9.17) is 9.84 Å². The normalized spacial score (nSPS) is 22.9. The van der Waals surface area contributed by atoms with E-state index in [0.29, 0.717) is 4.47 Å². The molecular weight excluding hydrogens is 295 g/mol. The molecule has 0 bridgehead atoms. The molecule has 0 radical (unpaired) electrons. The molecule has 1 N–H and O–H groups in total. The summed E-state index contributed by atoms with van der Waals surface area (Å²) in [6, 6.07) is 2.57. The van der Waals surface area contributed by atoms with E-state index in [1.165, 1.54) is 19.1 Å². The zero-order valence-electron chi connectivity index (χ0n) is 8.79. The van der Waals surface area contributed by atoms with Crippen LogP contribution in [0.5, 0.6) is 0 Å². The maximum atomic E-state index is 13.6. The third-order valence-electron chi connectivity index (χ3n) is 2.69. The Kier molecular flexibility index (Phi) is 2.69. The Balaban J connectivity index is 2.61. The van der Waals surface area contributed by atoms with Crippen LogP contribution in [0.3, 0.4) is 0 Å². The van der Waals surface area contributed by atoms with Crippen molar-refractivity contribution in [2.45, 2.75) is 18.9 Å². The number of hydrogen-bond acceptors (Lipinski definition) is 3. The van der Waals surface area contributed by atoms with Gasteiger partial charge >= 0.3 is 11.9 Å². The third-order valence-corrected chi connectivity index (χ3v) is 3.35. The van der Waals surface area contributed by atoms with Gasteiger partial charge in [0, 0.05) is 16.5 Å². The van der Waals surface area contributed by atoms with Crippen LogP contribution in [0, 0.1) is 5.82 Å². The molecular formula is C11H8BrFO4. The van der Waals surface area contributed by atoms with Crippen LogP contribution in [0.25, 0.3) is 0 Å². The minimum absolute atomic E-state index is 0.0590. The molecule has 0 fully saturated rings. The number of hydrogen-bond donors (Lipinski definition) is 1. The first-order chi connectivity index (χ1) is 7.85. The molecule has 1 heterocycles. The zero-order chi connectivity index (χ0) is 12.8. The number of aliphatic carboxylic acids is 1. The summed E-state index contributed by atoms with van der Waals surface area (Å²) in [7, 11) is 0. The highest BCUT2D eigenvalue weighted by molar-refractivity contribution is 9.10. The molecule has 0 saturated carbocycles. The summed E-state index contributed by atoms with van der Waals surface area (Å²) in [6.07, 6.45) is -0.186. The van der Waals surface area contributed by atoms with Crippen LogP contribution in [0.15, 0.2) is 16.6 Å². The molecule has 0 aliphatic carbocycles. The van der Waals surface area contributed by atoms with E-state index in [9.17, 15) is 14.0 Å². The van der Waals surface area contributed by atoms with Crippen LogP contribution in [0.1, 0.15) is 22.8 Å². The lowest BCUT2D eigenvalue weighted by molar-refractivity contribution is -0.158. The van der Waals surface area contributed by atoms with Crippen LogP contribution in [-0.2, 0) is 16.0 Å². The summed E-state index contributed by atoms with van der Waals surface area (Å²) < 4.78 is 18.9. The molecule has 6 heteroatoms. The van der Waals surface area contributed by atoms with Crippen LogP contribution < -0.4 is 0 Å². The predicted octanol–water partition coefficient (Wildman–Crippen LogP) is 2.14. The van der Waals surface area contributed by atoms with Crippen molar-refractivity contribution in [3.8, 4) is 0 Å². The van der Waals surface area contributed by atoms with Crippen molar-refractivity contribution in [2.75, 3.05) is 0 Å². The lowest BCUT2D eigenvalue weighted by Crippen LogP contribution is -2.46. The number of halogens is 2. The quantitative estimate of drug-likeness (QED) is 0.807. The van der Waals surface area contributed by atoms with Gasteiger partial charge in [0.25, 0.3) is 0 Å². The molecule has 1 aromatic rings. The van der Waals surface area contributed by atoms with Gasteiger partial charge in [-0.05, 0) is 35.0 Å². The standard InChI is InChI=1S/C11H8BrFO4/c1-11(10(15)16)4-5-7(13)3-2-6(12)8(5)9(14)17-11/h2-3H,4H2,1H3,(H,15,16). The highest BCUT2D eigenvalue weighted by atomic mass is 79.9. The SMILES string of the molecule is CC1(C(=O)O)Cc2c(F)ccc(Br)c2C(=O)O1. The maximum Gasteiger partial charge on any atom is 0.348 e. The van der Waals surface area contributed by atoms with Gasteiger partial charge in [0.2, 0.25) is 5.60 Å². The minimum atomic E-state index is -1.72. The number of rotatable bonds is 1. The highest BCUT2D eigenvalue weighted by Gasteiger charge is 2.44. The molecule has 0 amide bonds. The Morgan fingerprint density at radius 2 is 2.24 bits per heavy atom. The lowest BCUT2D eigenvalue weighted by Gasteiger charge is -2.31. The maximum absolute atomic E-state index is 13.6. The van der Waals surface area contributed by atoms with Crippen LogP contribution in [-0.4, -0.2) is 22.6 Å². The summed E-state index contributed by atoms with van der Waals surface area (Å²) in [5.41, 5.74) is -1.59. The second-order valence-corrected chi connectivity index (χ2v) is 4.84. The Morgan fingerprint density at radius 3 is 2.82 bits per heavy atom. The highest BCUT2D eigenvalue weighted by Crippen LogP contribution is 2.34. The summed E-state index contributed by atoms with van der Waals surface area (Å²) in [5, 5.41) is 8.99. The lowest BCUT2D eigenvalue weighted by atomic mass is 9.90. The fourth-order valence-corrected chi connectivity index (χ4v) is 2.27. The molecule has 90 valence electrons. The van der Waals surface area contributed by atoms with Crippen molar-refractivity contribution in [2.24, 2.45) is 0 Å². The first-order valence-electron chi connectivity index (χ1n) is 4.79. The molecule has 4 nitrogen and oxygen atoms in total. The number of fused-ring (bicyclic) bond motifs is 1. The number of carbonyl (C=O) groups excluding carboxylic acids is 1. The first kappa shape index (κ1) is 12.0. The Bertz CT molecular complexity index is 528. The summed E-state index contributed by atoms with van der Waals surface area (Å²) in [5.74, 6) is -2.73. The van der Waals surface area contributed by atoms with Crippen molar-refractivity contribution in [1.82, 2.24) is 0 Å². The third kappa shape index (κ3) is 1.82. The fourth-order valence-electron chi connectivity index (χ4n) is 1.74. The molecule has 1 aromatic carbocycles. The number of cyclic esters (lactones) is 1. The monoisotopic (exact) mass is 302 g/mol. The van der Waals surface area contributed by atoms with Crippen LogP contribution in [0.4, 0.5) is 4.39 Å². The van der Waals surface area contributed by atoms with E-state index >= 15 is 0 Å². The summed E-state index contributed by atoms with van der Waals surface area (Å²) in [4.78, 5) is 22.7. The molecule has 1 unspecified atom stereocenters. The van der Waals surface area contributed by atoms with Gasteiger partial charge in [-0.25, -0.2) is 14.0 Å². The summed E-state index contributed by atoms with van der Waals surface area (Å²) >= 11 is 3.12. The van der Waals surface area contributed by atoms with Crippen LogP contribution >= 0.6 is 15.9 Å². The van der Waals surface area contributed by atoms with Crippen molar-refractivity contribution in [1.29, 1.82) is 0 Å². The molecule has 0 saturated heterocycles. The van der Waals surface area contributed by atoms with Crippen molar-refractivity contribution in [3.63, 3.8) is 0 Å². The van der Waals surface area contributed by atoms with Crippen LogP contribution in [0.2, 0.25) is 0 Å². The number of carbonyl (C=O) groups is 2. The van der Waals surface area contributed by atoms with E-state index in [1.54, 1.807) is 0 Å². The number of benzene rings is 1. The van der Waals surface area contributed by atoms with Gasteiger partial charge in [0.1, 0.15) is 5.82 Å². The van der Waals surface area contributed by atoms with Gasteiger partial charge in [-0.1, -0.05) is 0 Å². The van der Waals surface area contributed by atoms with Gasteiger partial charge in [-0.3, -0.25) is 0 Å². The second kappa shape index (κ2) is 3.80. The van der Waals surface area contributed by atoms with Gasteiger partial charge in [-0.15, -0.1) is 0 Å². The minimum Gasteiger partial charge on any atom is -0.478 e. The Hall–Kier alpha value is -1.43. The molecule has 1 atom stereocenters. The van der Waals surface area contributed by atoms with Gasteiger partial charge in [-0.2, -0.15) is 0 Å². The largest absolute Gasteiger partial charge is 0.478 e. The number of carboxylic acids is 1. The zero-order valence-corrected chi connectivity index (χ0v) is 10.4. The van der Waals surface area contributed by atoms with Crippen molar-refractivity contribution < 1.29 is 23.8 Å². The summed E-state index contributed by atoms with van der Waals surface area (Å²) in [6.45, 7) is 1.25. The Labute approximate surface area is 105 Å². The topological polar surface area (TPSA) is 63.6 Å². The molecule has 1 aliphatic rings. The van der Waals surface area contributed by atoms with Crippen molar-refractivity contribution in [3.05, 3.63) is 33.5 Å². The van der Waals surface area contributed by atoms with E-state index in [0.717, 1.165) is 0 Å². The molecule has 17 heavy (non-hydrogen) atoms. The molecule has 2 rings (SSSR count). The van der Waals surface area contributed by atoms with E-state index in [2.05, 4.69) is 15.9 Å².